The van der Waals surface area contributed by atoms with E-state index in [1.165, 1.54) is 5.56 Å². The first-order chi connectivity index (χ1) is 13.0. The van der Waals surface area contributed by atoms with E-state index in [-0.39, 0.29) is 12.0 Å². The van der Waals surface area contributed by atoms with Crippen molar-refractivity contribution in [3.05, 3.63) is 29.8 Å². The summed E-state index contributed by atoms with van der Waals surface area (Å²) in [5.74, 6) is 0.487. The predicted octanol–water partition coefficient (Wildman–Crippen LogP) is 2.77. The number of anilines is 1. The van der Waals surface area contributed by atoms with Crippen LogP contribution in [0.4, 0.5) is 10.5 Å². The maximum absolute atomic E-state index is 12.9. The molecule has 0 radical (unpaired) electrons. The Morgan fingerprint density at radius 3 is 2.67 bits per heavy atom. The SMILES string of the molecule is CC(C)COC(=O)N1CCCN(CC(=O)N2CCCc3ccccc32)CC1. The van der Waals surface area contributed by atoms with Crippen LogP contribution in [0, 0.1) is 5.92 Å². The van der Waals surface area contributed by atoms with Crippen molar-refractivity contribution in [3.8, 4) is 0 Å². The minimum Gasteiger partial charge on any atom is -0.449 e. The number of amides is 2. The van der Waals surface area contributed by atoms with Gasteiger partial charge in [-0.2, -0.15) is 0 Å². The Hall–Kier alpha value is -2.08. The van der Waals surface area contributed by atoms with Crippen LogP contribution in [0.25, 0.3) is 0 Å². The summed E-state index contributed by atoms with van der Waals surface area (Å²) in [6.45, 7) is 8.54. The normalized spacial score (nSPS) is 18.2. The Balaban J connectivity index is 1.53. The van der Waals surface area contributed by atoms with E-state index in [0.717, 1.165) is 38.0 Å². The summed E-state index contributed by atoms with van der Waals surface area (Å²) in [5, 5.41) is 0. The number of aryl methyl sites for hydroxylation is 1. The fraction of sp³-hybridized carbons (Fsp3) is 0.619. The second kappa shape index (κ2) is 9.22. The maximum Gasteiger partial charge on any atom is 0.409 e. The second-order valence-corrected chi connectivity index (χ2v) is 7.87. The lowest BCUT2D eigenvalue weighted by atomic mass is 10.0. The number of hydrogen-bond acceptors (Lipinski definition) is 4. The fourth-order valence-corrected chi connectivity index (χ4v) is 3.71. The van der Waals surface area contributed by atoms with Crippen molar-refractivity contribution in [2.45, 2.75) is 33.1 Å². The zero-order chi connectivity index (χ0) is 19.2. The summed E-state index contributed by atoms with van der Waals surface area (Å²) in [6, 6.07) is 8.19. The van der Waals surface area contributed by atoms with Crippen LogP contribution < -0.4 is 4.90 Å². The quantitative estimate of drug-likeness (QED) is 0.814. The molecule has 1 aromatic carbocycles. The van der Waals surface area contributed by atoms with Crippen molar-refractivity contribution in [3.63, 3.8) is 0 Å². The van der Waals surface area contributed by atoms with Gasteiger partial charge in [0.25, 0.3) is 0 Å². The van der Waals surface area contributed by atoms with E-state index in [1.54, 1.807) is 4.90 Å². The van der Waals surface area contributed by atoms with Gasteiger partial charge >= 0.3 is 6.09 Å². The summed E-state index contributed by atoms with van der Waals surface area (Å²) in [4.78, 5) is 30.9. The Morgan fingerprint density at radius 2 is 1.85 bits per heavy atom. The van der Waals surface area contributed by atoms with Crippen LogP contribution in [-0.2, 0) is 16.0 Å². The molecular weight excluding hydrogens is 342 g/mol. The third-order valence-corrected chi connectivity index (χ3v) is 5.16. The first-order valence-corrected chi connectivity index (χ1v) is 10.1. The molecule has 2 heterocycles. The van der Waals surface area contributed by atoms with Crippen molar-refractivity contribution in [1.29, 1.82) is 0 Å². The largest absolute Gasteiger partial charge is 0.449 e. The molecule has 27 heavy (non-hydrogen) atoms. The van der Waals surface area contributed by atoms with Gasteiger partial charge in [0.2, 0.25) is 5.91 Å². The van der Waals surface area contributed by atoms with Gasteiger partial charge in [0, 0.05) is 38.4 Å². The van der Waals surface area contributed by atoms with Gasteiger partial charge < -0.3 is 14.5 Å². The van der Waals surface area contributed by atoms with E-state index < -0.39 is 0 Å². The van der Waals surface area contributed by atoms with Crippen molar-refractivity contribution < 1.29 is 14.3 Å². The molecule has 6 heteroatoms. The molecule has 0 N–H and O–H groups in total. The van der Waals surface area contributed by atoms with E-state index >= 15 is 0 Å². The van der Waals surface area contributed by atoms with Crippen LogP contribution in [0.15, 0.2) is 24.3 Å². The Labute approximate surface area is 162 Å². The number of nitrogens with zero attached hydrogens (tertiary/aromatic N) is 3. The minimum absolute atomic E-state index is 0.151. The Morgan fingerprint density at radius 1 is 1.04 bits per heavy atom. The van der Waals surface area contributed by atoms with E-state index in [9.17, 15) is 9.59 Å². The number of benzene rings is 1. The molecule has 1 fully saturated rings. The van der Waals surface area contributed by atoms with Crippen molar-refractivity contribution >= 4 is 17.7 Å². The van der Waals surface area contributed by atoms with E-state index in [1.807, 2.05) is 36.9 Å². The molecule has 0 spiro atoms. The highest BCUT2D eigenvalue weighted by molar-refractivity contribution is 5.95. The molecule has 2 aliphatic heterocycles. The lowest BCUT2D eigenvalue weighted by molar-refractivity contribution is -0.119. The van der Waals surface area contributed by atoms with Crippen molar-refractivity contribution in [2.75, 3.05) is 50.8 Å². The molecule has 0 aromatic heterocycles. The van der Waals surface area contributed by atoms with Crippen LogP contribution in [0.2, 0.25) is 0 Å². The number of fused-ring (bicyclic) bond motifs is 1. The average Bonchev–Trinajstić information content (AvgIpc) is 2.91. The first kappa shape index (κ1) is 19.7. The van der Waals surface area contributed by atoms with Gasteiger partial charge in [-0.15, -0.1) is 0 Å². The maximum atomic E-state index is 12.9. The van der Waals surface area contributed by atoms with Crippen LogP contribution >= 0.6 is 0 Å². The lowest BCUT2D eigenvalue weighted by Gasteiger charge is -2.31. The predicted molar refractivity (Wildman–Crippen MR) is 106 cm³/mol. The average molecular weight is 373 g/mol. The number of hydrogen-bond donors (Lipinski definition) is 0. The van der Waals surface area contributed by atoms with Gasteiger partial charge in [0.05, 0.1) is 13.2 Å². The molecule has 148 valence electrons. The lowest BCUT2D eigenvalue weighted by Crippen LogP contribution is -2.44. The molecule has 1 aromatic rings. The molecule has 0 aliphatic carbocycles. The molecule has 2 aliphatic rings. The Bertz CT molecular complexity index is 662. The summed E-state index contributed by atoms with van der Waals surface area (Å²) >= 11 is 0. The molecule has 0 saturated carbocycles. The smallest absolute Gasteiger partial charge is 0.409 e. The molecule has 0 unspecified atom stereocenters. The highest BCUT2D eigenvalue weighted by atomic mass is 16.6. The number of carbonyl (C=O) groups is 2. The second-order valence-electron chi connectivity index (χ2n) is 7.87. The van der Waals surface area contributed by atoms with Gasteiger partial charge in [0.1, 0.15) is 0 Å². The third-order valence-electron chi connectivity index (χ3n) is 5.16. The molecule has 0 atom stereocenters. The third kappa shape index (κ3) is 5.22. The standard InChI is InChI=1S/C21H31N3O3/c1-17(2)16-27-21(26)23-11-6-10-22(13-14-23)15-20(25)24-12-5-8-18-7-3-4-9-19(18)24/h3-4,7,9,17H,5-6,8,10-16H2,1-2H3. The molecule has 6 nitrogen and oxygen atoms in total. The molecule has 2 amide bonds. The highest BCUT2D eigenvalue weighted by Gasteiger charge is 2.26. The molecule has 3 rings (SSSR count). The number of carbonyl (C=O) groups excluding carboxylic acids is 2. The molecule has 0 bridgehead atoms. The van der Waals surface area contributed by atoms with Crippen LogP contribution in [-0.4, -0.2) is 67.7 Å². The summed E-state index contributed by atoms with van der Waals surface area (Å²) in [5.41, 5.74) is 2.31. The number of ether oxygens (including phenoxy) is 1. The van der Waals surface area contributed by atoms with Crippen molar-refractivity contribution in [1.82, 2.24) is 9.80 Å². The Kier molecular flexibility index (Phi) is 6.72. The van der Waals surface area contributed by atoms with Crippen LogP contribution in [0.3, 0.4) is 0 Å². The van der Waals surface area contributed by atoms with Gasteiger partial charge in [-0.25, -0.2) is 4.79 Å². The first-order valence-electron chi connectivity index (χ1n) is 10.1. The summed E-state index contributed by atoms with van der Waals surface area (Å²) in [7, 11) is 0. The van der Waals surface area contributed by atoms with Gasteiger partial charge in [0.15, 0.2) is 0 Å². The highest BCUT2D eigenvalue weighted by Crippen LogP contribution is 2.26. The van der Waals surface area contributed by atoms with Gasteiger partial charge in [-0.3, -0.25) is 9.69 Å². The zero-order valence-electron chi connectivity index (χ0n) is 16.5. The summed E-state index contributed by atoms with van der Waals surface area (Å²) < 4.78 is 5.34. The topological polar surface area (TPSA) is 53.1 Å². The monoisotopic (exact) mass is 373 g/mol. The molecule has 1 saturated heterocycles. The van der Waals surface area contributed by atoms with Crippen molar-refractivity contribution in [2.24, 2.45) is 5.92 Å². The fourth-order valence-electron chi connectivity index (χ4n) is 3.71. The van der Waals surface area contributed by atoms with E-state index in [0.29, 0.717) is 38.7 Å². The number of para-hydroxylation sites is 1. The van der Waals surface area contributed by atoms with E-state index in [2.05, 4.69) is 11.0 Å². The van der Waals surface area contributed by atoms with Crippen LogP contribution in [0.1, 0.15) is 32.3 Å². The zero-order valence-corrected chi connectivity index (χ0v) is 16.5. The van der Waals surface area contributed by atoms with Gasteiger partial charge in [-0.1, -0.05) is 32.0 Å². The van der Waals surface area contributed by atoms with Crippen LogP contribution in [0.5, 0.6) is 0 Å². The molecular formula is C21H31N3O3. The van der Waals surface area contributed by atoms with Gasteiger partial charge in [-0.05, 0) is 36.8 Å². The van der Waals surface area contributed by atoms with E-state index in [4.69, 9.17) is 4.74 Å². The number of rotatable bonds is 4. The summed E-state index contributed by atoms with van der Waals surface area (Å²) in [6.07, 6.45) is 2.68. The minimum atomic E-state index is -0.234.